The number of esters is 1. The van der Waals surface area contributed by atoms with Crippen LogP contribution in [0.1, 0.15) is 65.7 Å². The molecule has 0 aliphatic carbocycles. The average molecular weight is 380 g/mol. The largest absolute Gasteiger partial charge is 0.462 e. The number of hydrogen-bond acceptors (Lipinski definition) is 8. The lowest BCUT2D eigenvalue weighted by Gasteiger charge is -2.23. The van der Waals surface area contributed by atoms with Gasteiger partial charge in [0.05, 0.1) is 36.6 Å². The van der Waals surface area contributed by atoms with Gasteiger partial charge in [0.2, 0.25) is 0 Å². The van der Waals surface area contributed by atoms with Gasteiger partial charge in [0, 0.05) is 13.3 Å². The molecular weight excluding hydrogens is 344 g/mol. The van der Waals surface area contributed by atoms with Crippen LogP contribution in [0.25, 0.3) is 0 Å². The SMILES string of the molecule is CCC(CC(O)CC(O)CC(O)CC(O)CC(O)C[C@@H](C)O)OC(C)=O. The second-order valence-corrected chi connectivity index (χ2v) is 7.17. The summed E-state index contributed by atoms with van der Waals surface area (Å²) in [6, 6.07) is 0. The van der Waals surface area contributed by atoms with Crippen molar-refractivity contribution in [2.24, 2.45) is 0 Å². The molecule has 0 aliphatic rings. The highest BCUT2D eigenvalue weighted by Crippen LogP contribution is 2.17. The summed E-state index contributed by atoms with van der Waals surface area (Å²) in [6.45, 7) is 4.66. The van der Waals surface area contributed by atoms with E-state index in [4.69, 9.17) is 4.74 Å². The fourth-order valence-electron chi connectivity index (χ4n) is 2.97. The Labute approximate surface area is 155 Å². The maximum Gasteiger partial charge on any atom is 0.302 e. The molecule has 6 unspecified atom stereocenters. The van der Waals surface area contributed by atoms with E-state index >= 15 is 0 Å². The molecule has 156 valence electrons. The molecule has 0 aromatic carbocycles. The first-order chi connectivity index (χ1) is 12.0. The molecule has 0 aliphatic heterocycles. The zero-order chi connectivity index (χ0) is 20.3. The molecule has 26 heavy (non-hydrogen) atoms. The van der Waals surface area contributed by atoms with Crippen molar-refractivity contribution in [3.05, 3.63) is 0 Å². The van der Waals surface area contributed by atoms with Crippen LogP contribution >= 0.6 is 0 Å². The van der Waals surface area contributed by atoms with Gasteiger partial charge in [0.25, 0.3) is 0 Å². The topological polar surface area (TPSA) is 148 Å². The van der Waals surface area contributed by atoms with Gasteiger partial charge in [-0.05, 0) is 45.4 Å². The smallest absolute Gasteiger partial charge is 0.302 e. The van der Waals surface area contributed by atoms with Crippen molar-refractivity contribution in [2.45, 2.75) is 108 Å². The third-order valence-corrected chi connectivity index (χ3v) is 4.11. The molecule has 0 aromatic rings. The van der Waals surface area contributed by atoms with Crippen molar-refractivity contribution in [3.8, 4) is 0 Å². The van der Waals surface area contributed by atoms with Crippen LogP contribution in [0.3, 0.4) is 0 Å². The third-order valence-electron chi connectivity index (χ3n) is 4.11. The molecule has 0 spiro atoms. The Kier molecular flexibility index (Phi) is 13.0. The fourth-order valence-corrected chi connectivity index (χ4v) is 2.97. The van der Waals surface area contributed by atoms with Crippen molar-refractivity contribution in [1.82, 2.24) is 0 Å². The van der Waals surface area contributed by atoms with E-state index in [2.05, 4.69) is 0 Å². The normalized spacial score (nSPS) is 19.9. The summed E-state index contributed by atoms with van der Waals surface area (Å²) >= 11 is 0. The van der Waals surface area contributed by atoms with Crippen molar-refractivity contribution >= 4 is 5.97 Å². The van der Waals surface area contributed by atoms with Gasteiger partial charge < -0.3 is 35.4 Å². The van der Waals surface area contributed by atoms with Crippen molar-refractivity contribution in [1.29, 1.82) is 0 Å². The Hall–Kier alpha value is -0.770. The lowest BCUT2D eigenvalue weighted by molar-refractivity contribution is -0.148. The maximum absolute atomic E-state index is 11.0. The zero-order valence-corrected chi connectivity index (χ0v) is 16.0. The number of hydrogen-bond donors (Lipinski definition) is 6. The minimum absolute atomic E-state index is 0.0188. The number of carbonyl (C=O) groups is 1. The van der Waals surface area contributed by atoms with E-state index in [9.17, 15) is 35.4 Å². The molecule has 6 N–H and O–H groups in total. The molecule has 0 fully saturated rings. The van der Waals surface area contributed by atoms with Crippen LogP contribution in [0.4, 0.5) is 0 Å². The summed E-state index contributed by atoms with van der Waals surface area (Å²) in [5.74, 6) is -0.424. The molecule has 0 saturated carbocycles. The maximum atomic E-state index is 11.0. The summed E-state index contributed by atoms with van der Waals surface area (Å²) in [5, 5.41) is 58.6. The zero-order valence-electron chi connectivity index (χ0n) is 16.0. The molecule has 8 heteroatoms. The van der Waals surface area contributed by atoms with Gasteiger partial charge in [-0.1, -0.05) is 6.92 Å². The van der Waals surface area contributed by atoms with E-state index in [0.717, 1.165) is 0 Å². The predicted molar refractivity (Wildman–Crippen MR) is 95.3 cm³/mol. The lowest BCUT2D eigenvalue weighted by Crippen LogP contribution is -2.29. The second-order valence-electron chi connectivity index (χ2n) is 7.17. The summed E-state index contributed by atoms with van der Waals surface area (Å²) in [5.41, 5.74) is 0. The van der Waals surface area contributed by atoms with E-state index in [1.165, 1.54) is 13.8 Å². The van der Waals surface area contributed by atoms with Gasteiger partial charge in [0.1, 0.15) is 6.10 Å². The van der Waals surface area contributed by atoms with Crippen LogP contribution in [0.15, 0.2) is 0 Å². The fraction of sp³-hybridized carbons (Fsp3) is 0.944. The number of aliphatic hydroxyl groups excluding tert-OH is 6. The monoisotopic (exact) mass is 380 g/mol. The highest BCUT2D eigenvalue weighted by atomic mass is 16.5. The van der Waals surface area contributed by atoms with Crippen molar-refractivity contribution in [2.75, 3.05) is 0 Å². The Morgan fingerprint density at radius 2 is 1.08 bits per heavy atom. The second kappa shape index (κ2) is 13.4. The Balaban J connectivity index is 4.16. The van der Waals surface area contributed by atoms with Crippen molar-refractivity contribution < 1.29 is 40.2 Å². The van der Waals surface area contributed by atoms with E-state index in [1.807, 2.05) is 6.92 Å². The molecule has 0 heterocycles. The van der Waals surface area contributed by atoms with Crippen LogP contribution in [-0.4, -0.2) is 79.3 Å². The summed E-state index contributed by atoms with van der Waals surface area (Å²) in [6.07, 6.45) is -4.83. The first kappa shape index (κ1) is 25.2. The van der Waals surface area contributed by atoms with Crippen LogP contribution < -0.4 is 0 Å². The van der Waals surface area contributed by atoms with Crippen molar-refractivity contribution in [3.63, 3.8) is 0 Å². The van der Waals surface area contributed by atoms with E-state index in [-0.39, 0.29) is 38.5 Å². The number of aliphatic hydroxyl groups is 6. The number of rotatable bonds is 14. The molecule has 0 amide bonds. The van der Waals surface area contributed by atoms with Crippen LogP contribution in [0.5, 0.6) is 0 Å². The van der Waals surface area contributed by atoms with Gasteiger partial charge >= 0.3 is 5.97 Å². The van der Waals surface area contributed by atoms with Gasteiger partial charge in [-0.3, -0.25) is 4.79 Å². The molecular formula is C18H36O8. The minimum atomic E-state index is -0.985. The van der Waals surface area contributed by atoms with Gasteiger partial charge in [0.15, 0.2) is 0 Å². The molecule has 0 rings (SSSR count). The molecule has 7 atom stereocenters. The molecule has 0 saturated heterocycles. The molecule has 0 radical (unpaired) electrons. The minimum Gasteiger partial charge on any atom is -0.462 e. The van der Waals surface area contributed by atoms with Gasteiger partial charge in [-0.25, -0.2) is 0 Å². The average Bonchev–Trinajstić information content (AvgIpc) is 2.43. The first-order valence-corrected chi connectivity index (χ1v) is 9.28. The van der Waals surface area contributed by atoms with Gasteiger partial charge in [-0.2, -0.15) is 0 Å². The lowest BCUT2D eigenvalue weighted by atomic mass is 9.96. The Bertz CT molecular complexity index is 376. The van der Waals surface area contributed by atoms with Gasteiger partial charge in [-0.15, -0.1) is 0 Å². The van der Waals surface area contributed by atoms with Crippen LogP contribution in [0, 0.1) is 0 Å². The first-order valence-electron chi connectivity index (χ1n) is 9.28. The summed E-state index contributed by atoms with van der Waals surface area (Å²) < 4.78 is 5.05. The number of ether oxygens (including phenoxy) is 1. The molecule has 8 nitrogen and oxygen atoms in total. The molecule has 0 bridgehead atoms. The number of carbonyl (C=O) groups excluding carboxylic acids is 1. The predicted octanol–water partition coefficient (Wildman–Crippen LogP) is -0.146. The molecule has 0 aromatic heterocycles. The van der Waals surface area contributed by atoms with Crippen LogP contribution in [-0.2, 0) is 9.53 Å². The summed E-state index contributed by atoms with van der Waals surface area (Å²) in [4.78, 5) is 11.0. The Morgan fingerprint density at radius 1 is 0.731 bits per heavy atom. The third kappa shape index (κ3) is 13.4. The summed E-state index contributed by atoms with van der Waals surface area (Å²) in [7, 11) is 0. The standard InChI is InChI=1S/C18H36O8/c1-4-18(26-12(3)20)10-17(25)9-16(24)8-15(23)7-14(22)6-13(21)5-11(2)19/h11,13-19,21-25H,4-10H2,1-3H3/t11-,13?,14?,15?,16?,17?,18?/m1/s1. The quantitative estimate of drug-likeness (QED) is 0.228. The van der Waals surface area contributed by atoms with E-state index < -0.39 is 48.7 Å². The van der Waals surface area contributed by atoms with Crippen LogP contribution in [0.2, 0.25) is 0 Å². The highest BCUT2D eigenvalue weighted by Gasteiger charge is 2.22. The van der Waals surface area contributed by atoms with E-state index in [0.29, 0.717) is 6.42 Å². The Morgan fingerprint density at radius 3 is 1.38 bits per heavy atom. The van der Waals surface area contributed by atoms with E-state index in [1.54, 1.807) is 0 Å². The highest BCUT2D eigenvalue weighted by molar-refractivity contribution is 5.66.